The molecule has 1 heterocycles. The van der Waals surface area contributed by atoms with Crippen LogP contribution in [0, 0.1) is 0 Å². The van der Waals surface area contributed by atoms with E-state index in [2.05, 4.69) is 4.90 Å². The van der Waals surface area contributed by atoms with Crippen LogP contribution < -0.4 is 4.90 Å². The van der Waals surface area contributed by atoms with Gasteiger partial charge in [-0.2, -0.15) is 0 Å². The van der Waals surface area contributed by atoms with Crippen LogP contribution in [0.1, 0.15) is 25.0 Å². The van der Waals surface area contributed by atoms with E-state index in [1.165, 1.54) is 0 Å². The van der Waals surface area contributed by atoms with Gasteiger partial charge in [0.05, 0.1) is 6.10 Å². The monoisotopic (exact) mass is 253 g/mol. The van der Waals surface area contributed by atoms with Crippen molar-refractivity contribution in [2.45, 2.75) is 19.4 Å². The van der Waals surface area contributed by atoms with Crippen LogP contribution in [-0.2, 0) is 10.8 Å². The minimum absolute atomic E-state index is 0.363. The number of aliphatic hydroxyl groups excluding tert-OH is 1. The maximum absolute atomic E-state index is 11.3. The third-order valence-electron chi connectivity index (χ3n) is 3.21. The van der Waals surface area contributed by atoms with Gasteiger partial charge in [-0.3, -0.25) is 4.21 Å². The maximum atomic E-state index is 11.3. The smallest absolute Gasteiger partial charge is 0.0787 e. The van der Waals surface area contributed by atoms with Crippen molar-refractivity contribution in [1.29, 1.82) is 0 Å². The Kier molecular flexibility index (Phi) is 4.18. The molecule has 0 aliphatic carbocycles. The van der Waals surface area contributed by atoms with Crippen LogP contribution in [-0.4, -0.2) is 33.9 Å². The van der Waals surface area contributed by atoms with Gasteiger partial charge in [0.1, 0.15) is 0 Å². The second-order valence-corrected chi connectivity index (χ2v) is 6.05. The maximum Gasteiger partial charge on any atom is 0.0787 e. The highest BCUT2D eigenvalue weighted by molar-refractivity contribution is 7.85. The number of aliphatic hydroxyl groups is 1. The molecule has 0 bridgehead atoms. The molecule has 0 aromatic heterocycles. The van der Waals surface area contributed by atoms with Gasteiger partial charge in [0.2, 0.25) is 0 Å². The van der Waals surface area contributed by atoms with E-state index >= 15 is 0 Å². The number of hydrogen-bond donors (Lipinski definition) is 1. The number of anilines is 1. The summed E-state index contributed by atoms with van der Waals surface area (Å²) in [6, 6.07) is 8.05. The van der Waals surface area contributed by atoms with Crippen molar-refractivity contribution in [3.05, 3.63) is 29.8 Å². The second kappa shape index (κ2) is 5.65. The molecule has 0 saturated carbocycles. The van der Waals surface area contributed by atoms with Crippen LogP contribution in [0.2, 0.25) is 0 Å². The Morgan fingerprint density at radius 3 is 2.41 bits per heavy atom. The Labute approximate surface area is 105 Å². The summed E-state index contributed by atoms with van der Waals surface area (Å²) in [5.74, 6) is 1.53. The Balaban J connectivity index is 2.05. The Morgan fingerprint density at radius 2 is 1.88 bits per heavy atom. The molecule has 1 aromatic carbocycles. The lowest BCUT2D eigenvalue weighted by atomic mass is 10.1. The molecule has 1 aliphatic rings. The van der Waals surface area contributed by atoms with E-state index in [0.717, 1.165) is 42.3 Å². The fourth-order valence-electron chi connectivity index (χ4n) is 2.04. The number of benzene rings is 1. The van der Waals surface area contributed by atoms with Gasteiger partial charge in [-0.05, 0) is 24.1 Å². The molecule has 1 fully saturated rings. The number of nitrogens with zero attached hydrogens (tertiary/aromatic N) is 1. The molecule has 17 heavy (non-hydrogen) atoms. The third-order valence-corrected chi connectivity index (χ3v) is 4.48. The Morgan fingerprint density at radius 1 is 1.29 bits per heavy atom. The van der Waals surface area contributed by atoms with Crippen LogP contribution >= 0.6 is 0 Å². The van der Waals surface area contributed by atoms with Crippen LogP contribution in [0.15, 0.2) is 24.3 Å². The molecule has 1 aromatic rings. The first-order valence-electron chi connectivity index (χ1n) is 6.08. The molecule has 1 atom stereocenters. The van der Waals surface area contributed by atoms with Crippen LogP contribution in [0.25, 0.3) is 0 Å². The molecular weight excluding hydrogens is 234 g/mol. The van der Waals surface area contributed by atoms with Gasteiger partial charge in [-0.1, -0.05) is 19.1 Å². The SMILES string of the molecule is CCC(O)c1ccc(N2CCS(=O)CC2)cc1. The highest BCUT2D eigenvalue weighted by Gasteiger charge is 2.15. The van der Waals surface area contributed by atoms with E-state index in [4.69, 9.17) is 0 Å². The summed E-state index contributed by atoms with van der Waals surface area (Å²) in [5.41, 5.74) is 2.13. The van der Waals surface area contributed by atoms with Crippen molar-refractivity contribution in [2.24, 2.45) is 0 Å². The molecule has 0 amide bonds. The van der Waals surface area contributed by atoms with Gasteiger partial charge in [0.25, 0.3) is 0 Å². The fourth-order valence-corrected chi connectivity index (χ4v) is 3.09. The summed E-state index contributed by atoms with van der Waals surface area (Å²) in [6.07, 6.45) is 0.375. The summed E-state index contributed by atoms with van der Waals surface area (Å²) in [4.78, 5) is 2.25. The zero-order chi connectivity index (χ0) is 12.3. The highest BCUT2D eigenvalue weighted by atomic mass is 32.2. The average Bonchev–Trinajstić information content (AvgIpc) is 2.39. The van der Waals surface area contributed by atoms with E-state index in [9.17, 15) is 9.32 Å². The van der Waals surface area contributed by atoms with Crippen LogP contribution in [0.3, 0.4) is 0 Å². The summed E-state index contributed by atoms with van der Waals surface area (Å²) in [5, 5.41) is 9.71. The van der Waals surface area contributed by atoms with E-state index in [1.807, 2.05) is 31.2 Å². The number of hydrogen-bond acceptors (Lipinski definition) is 3. The molecule has 2 rings (SSSR count). The Bertz CT molecular complexity index is 381. The minimum Gasteiger partial charge on any atom is -0.388 e. The van der Waals surface area contributed by atoms with Gasteiger partial charge >= 0.3 is 0 Å². The highest BCUT2D eigenvalue weighted by Crippen LogP contribution is 2.21. The predicted octanol–water partition coefficient (Wildman–Crippen LogP) is 1.70. The zero-order valence-electron chi connectivity index (χ0n) is 10.1. The summed E-state index contributed by atoms with van der Waals surface area (Å²) >= 11 is 0. The largest absolute Gasteiger partial charge is 0.388 e. The molecule has 1 aliphatic heterocycles. The predicted molar refractivity (Wildman–Crippen MR) is 71.8 cm³/mol. The number of rotatable bonds is 3. The molecule has 1 unspecified atom stereocenters. The first kappa shape index (κ1) is 12.6. The van der Waals surface area contributed by atoms with Gasteiger partial charge < -0.3 is 10.0 Å². The third kappa shape index (κ3) is 3.07. The van der Waals surface area contributed by atoms with Crippen molar-refractivity contribution in [1.82, 2.24) is 0 Å². The van der Waals surface area contributed by atoms with E-state index in [0.29, 0.717) is 0 Å². The standard InChI is InChI=1S/C13H19NO2S/c1-2-13(15)11-3-5-12(6-4-11)14-7-9-17(16)10-8-14/h3-6,13,15H,2,7-10H2,1H3. The molecule has 3 nitrogen and oxygen atoms in total. The molecule has 1 saturated heterocycles. The van der Waals surface area contributed by atoms with Crippen molar-refractivity contribution >= 4 is 16.5 Å². The first-order valence-corrected chi connectivity index (χ1v) is 7.57. The van der Waals surface area contributed by atoms with Crippen molar-refractivity contribution < 1.29 is 9.32 Å². The lowest BCUT2D eigenvalue weighted by molar-refractivity contribution is 0.173. The lowest BCUT2D eigenvalue weighted by Gasteiger charge is -2.28. The first-order chi connectivity index (χ1) is 8.20. The molecule has 4 heteroatoms. The zero-order valence-corrected chi connectivity index (χ0v) is 10.9. The average molecular weight is 253 g/mol. The van der Waals surface area contributed by atoms with E-state index < -0.39 is 10.8 Å². The minimum atomic E-state index is -0.629. The van der Waals surface area contributed by atoms with Crippen molar-refractivity contribution in [3.8, 4) is 0 Å². The molecular formula is C13H19NO2S. The van der Waals surface area contributed by atoms with E-state index in [1.54, 1.807) is 0 Å². The Hall–Kier alpha value is -0.870. The molecule has 0 spiro atoms. The fraction of sp³-hybridized carbons (Fsp3) is 0.538. The van der Waals surface area contributed by atoms with Gasteiger partial charge in [-0.15, -0.1) is 0 Å². The summed E-state index contributed by atoms with van der Waals surface area (Å²) < 4.78 is 11.3. The lowest BCUT2D eigenvalue weighted by Crippen LogP contribution is -2.37. The van der Waals surface area contributed by atoms with E-state index in [-0.39, 0.29) is 6.10 Å². The molecule has 0 radical (unpaired) electrons. The summed E-state index contributed by atoms with van der Waals surface area (Å²) in [6.45, 7) is 3.70. The van der Waals surface area contributed by atoms with Gasteiger partial charge in [-0.25, -0.2) is 0 Å². The topological polar surface area (TPSA) is 40.5 Å². The van der Waals surface area contributed by atoms with Crippen LogP contribution in [0.5, 0.6) is 0 Å². The molecule has 94 valence electrons. The van der Waals surface area contributed by atoms with Crippen LogP contribution in [0.4, 0.5) is 5.69 Å². The normalized spacial score (nSPS) is 19.3. The van der Waals surface area contributed by atoms with Gasteiger partial charge in [0, 0.05) is 41.1 Å². The van der Waals surface area contributed by atoms with Crippen molar-refractivity contribution in [3.63, 3.8) is 0 Å². The van der Waals surface area contributed by atoms with Gasteiger partial charge in [0.15, 0.2) is 0 Å². The quantitative estimate of drug-likeness (QED) is 0.891. The molecule has 1 N–H and O–H groups in total. The summed E-state index contributed by atoms with van der Waals surface area (Å²) in [7, 11) is -0.629. The van der Waals surface area contributed by atoms with Crippen molar-refractivity contribution in [2.75, 3.05) is 29.5 Å². The second-order valence-electron chi connectivity index (χ2n) is 4.35.